The van der Waals surface area contributed by atoms with Crippen LogP contribution in [0.5, 0.6) is 0 Å². The third-order valence-electron chi connectivity index (χ3n) is 3.98. The fourth-order valence-corrected chi connectivity index (χ4v) is 2.92. The van der Waals surface area contributed by atoms with Gasteiger partial charge in [0.05, 0.1) is 11.3 Å². The summed E-state index contributed by atoms with van der Waals surface area (Å²) in [7, 11) is 1.94. The highest BCUT2D eigenvalue weighted by molar-refractivity contribution is 5.61. The number of rotatable bonds is 4. The first-order chi connectivity index (χ1) is 10.2. The molecule has 1 aliphatic rings. The fraction of sp³-hybridized carbons (Fsp3) is 0.562. The highest BCUT2D eigenvalue weighted by atomic mass is 15.3. The summed E-state index contributed by atoms with van der Waals surface area (Å²) in [5.41, 5.74) is 4.55. The van der Waals surface area contributed by atoms with Gasteiger partial charge >= 0.3 is 0 Å². The molecule has 0 fully saturated rings. The number of fused-ring (bicyclic) bond motifs is 1. The summed E-state index contributed by atoms with van der Waals surface area (Å²) in [6, 6.07) is 0. The van der Waals surface area contributed by atoms with E-state index in [2.05, 4.69) is 17.3 Å². The van der Waals surface area contributed by atoms with Gasteiger partial charge in [0, 0.05) is 31.0 Å². The molecule has 1 aliphatic carbocycles. The van der Waals surface area contributed by atoms with Gasteiger partial charge < -0.3 is 5.32 Å². The van der Waals surface area contributed by atoms with Crippen molar-refractivity contribution in [2.24, 2.45) is 7.05 Å². The molecule has 1 N–H and O–H groups in total. The van der Waals surface area contributed by atoms with Gasteiger partial charge in [-0.15, -0.1) is 0 Å². The van der Waals surface area contributed by atoms with E-state index >= 15 is 0 Å². The molecule has 5 heteroatoms. The van der Waals surface area contributed by atoms with Gasteiger partial charge in [-0.3, -0.25) is 4.68 Å². The van der Waals surface area contributed by atoms with Crippen molar-refractivity contribution in [3.63, 3.8) is 0 Å². The number of hydrogen-bond acceptors (Lipinski definition) is 4. The monoisotopic (exact) mass is 285 g/mol. The lowest BCUT2D eigenvalue weighted by Gasteiger charge is -2.19. The molecular formula is C16H23N5. The fourth-order valence-electron chi connectivity index (χ4n) is 2.92. The van der Waals surface area contributed by atoms with Crippen LogP contribution in [0.1, 0.15) is 43.1 Å². The molecule has 0 aliphatic heterocycles. The zero-order chi connectivity index (χ0) is 14.8. The molecule has 0 unspecified atom stereocenters. The molecule has 0 aromatic carbocycles. The van der Waals surface area contributed by atoms with Gasteiger partial charge in [0.25, 0.3) is 0 Å². The molecule has 112 valence electrons. The van der Waals surface area contributed by atoms with Crippen LogP contribution in [0.3, 0.4) is 0 Å². The van der Waals surface area contributed by atoms with Crippen molar-refractivity contribution in [1.82, 2.24) is 19.7 Å². The molecule has 2 heterocycles. The van der Waals surface area contributed by atoms with Crippen LogP contribution in [0.15, 0.2) is 6.20 Å². The zero-order valence-corrected chi connectivity index (χ0v) is 13.1. The summed E-state index contributed by atoms with van der Waals surface area (Å²) in [4.78, 5) is 9.61. The maximum Gasteiger partial charge on any atom is 0.165 e. The lowest BCUT2D eigenvalue weighted by molar-refractivity contribution is 0.664. The summed E-state index contributed by atoms with van der Waals surface area (Å²) in [5.74, 6) is 1.83. The molecule has 21 heavy (non-hydrogen) atoms. The first-order valence-corrected chi connectivity index (χ1v) is 7.83. The lowest BCUT2D eigenvalue weighted by atomic mass is 9.96. The Hall–Kier alpha value is -1.91. The highest BCUT2D eigenvalue weighted by Crippen LogP contribution is 2.29. The topological polar surface area (TPSA) is 55.6 Å². The van der Waals surface area contributed by atoms with Crippen LogP contribution in [-0.4, -0.2) is 26.3 Å². The molecule has 2 aromatic rings. The molecule has 0 radical (unpaired) electrons. The predicted octanol–water partition coefficient (Wildman–Crippen LogP) is 2.89. The molecule has 0 atom stereocenters. The maximum absolute atomic E-state index is 4.82. The van der Waals surface area contributed by atoms with Crippen molar-refractivity contribution < 1.29 is 0 Å². The van der Waals surface area contributed by atoms with Gasteiger partial charge in [-0.05, 0) is 39.0 Å². The molecule has 3 rings (SSSR count). The molecular weight excluding hydrogens is 262 g/mol. The molecule has 0 spiro atoms. The first kappa shape index (κ1) is 14.0. The van der Waals surface area contributed by atoms with E-state index in [1.807, 2.05) is 24.9 Å². The maximum atomic E-state index is 4.82. The SMILES string of the molecule is CCCNc1nc(-c2cn(C)nc2C)nc2c1CCCC2. The van der Waals surface area contributed by atoms with Gasteiger partial charge in [-0.1, -0.05) is 6.92 Å². The van der Waals surface area contributed by atoms with Crippen molar-refractivity contribution in [2.75, 3.05) is 11.9 Å². The molecule has 0 saturated carbocycles. The predicted molar refractivity (Wildman–Crippen MR) is 84.4 cm³/mol. The second kappa shape index (κ2) is 5.84. The average Bonchev–Trinajstić information content (AvgIpc) is 2.83. The van der Waals surface area contributed by atoms with Gasteiger partial charge in [0.2, 0.25) is 0 Å². The average molecular weight is 285 g/mol. The third-order valence-corrected chi connectivity index (χ3v) is 3.98. The largest absolute Gasteiger partial charge is 0.370 e. The Bertz CT molecular complexity index is 644. The minimum absolute atomic E-state index is 0.805. The number of aryl methyl sites for hydroxylation is 3. The Balaban J connectivity index is 2.07. The van der Waals surface area contributed by atoms with E-state index in [1.165, 1.54) is 24.1 Å². The van der Waals surface area contributed by atoms with E-state index < -0.39 is 0 Å². The van der Waals surface area contributed by atoms with Crippen LogP contribution in [0.25, 0.3) is 11.4 Å². The second-order valence-electron chi connectivity index (χ2n) is 5.76. The molecule has 5 nitrogen and oxygen atoms in total. The third kappa shape index (κ3) is 2.77. The number of hydrogen-bond donors (Lipinski definition) is 1. The summed E-state index contributed by atoms with van der Waals surface area (Å²) in [5, 5.41) is 7.89. The zero-order valence-electron chi connectivity index (χ0n) is 13.1. The smallest absolute Gasteiger partial charge is 0.165 e. The Kier molecular flexibility index (Phi) is 3.90. The van der Waals surface area contributed by atoms with Crippen LogP contribution in [-0.2, 0) is 19.9 Å². The van der Waals surface area contributed by atoms with E-state index in [4.69, 9.17) is 9.97 Å². The van der Waals surface area contributed by atoms with Gasteiger partial charge in [-0.25, -0.2) is 9.97 Å². The van der Waals surface area contributed by atoms with Crippen molar-refractivity contribution >= 4 is 5.82 Å². The Labute approximate surface area is 125 Å². The summed E-state index contributed by atoms with van der Waals surface area (Å²) >= 11 is 0. The van der Waals surface area contributed by atoms with E-state index in [0.29, 0.717) is 0 Å². The van der Waals surface area contributed by atoms with Gasteiger partial charge in [-0.2, -0.15) is 5.10 Å². The van der Waals surface area contributed by atoms with Crippen LogP contribution < -0.4 is 5.32 Å². The van der Waals surface area contributed by atoms with Crippen molar-refractivity contribution in [2.45, 2.75) is 46.0 Å². The standard InChI is InChI=1S/C16H23N5/c1-4-9-17-15-12-7-5-6-8-14(12)18-16(19-15)13-10-21(3)20-11(13)2/h10H,4-9H2,1-3H3,(H,17,18,19). The summed E-state index contributed by atoms with van der Waals surface area (Å²) in [6.45, 7) is 5.14. The van der Waals surface area contributed by atoms with Crippen LogP contribution in [0.2, 0.25) is 0 Å². The lowest BCUT2D eigenvalue weighted by Crippen LogP contribution is -2.14. The first-order valence-electron chi connectivity index (χ1n) is 7.83. The minimum atomic E-state index is 0.805. The van der Waals surface area contributed by atoms with Crippen LogP contribution >= 0.6 is 0 Å². The number of nitrogens with zero attached hydrogens (tertiary/aromatic N) is 4. The highest BCUT2D eigenvalue weighted by Gasteiger charge is 2.19. The quantitative estimate of drug-likeness (QED) is 0.938. The van der Waals surface area contributed by atoms with Crippen LogP contribution in [0, 0.1) is 6.92 Å². The van der Waals surface area contributed by atoms with Crippen LogP contribution in [0.4, 0.5) is 5.82 Å². The van der Waals surface area contributed by atoms with Crippen molar-refractivity contribution in [3.8, 4) is 11.4 Å². The van der Waals surface area contributed by atoms with E-state index in [1.54, 1.807) is 0 Å². The normalized spacial score (nSPS) is 14.0. The summed E-state index contributed by atoms with van der Waals surface area (Å²) in [6.07, 6.45) is 7.72. The Morgan fingerprint density at radius 1 is 1.24 bits per heavy atom. The number of aromatic nitrogens is 4. The molecule has 0 bridgehead atoms. The van der Waals surface area contributed by atoms with E-state index in [9.17, 15) is 0 Å². The van der Waals surface area contributed by atoms with Gasteiger partial charge in [0.1, 0.15) is 5.82 Å². The molecule has 0 saturated heterocycles. The van der Waals surface area contributed by atoms with E-state index in [-0.39, 0.29) is 0 Å². The Morgan fingerprint density at radius 2 is 2.05 bits per heavy atom. The minimum Gasteiger partial charge on any atom is -0.370 e. The Morgan fingerprint density at radius 3 is 2.76 bits per heavy atom. The molecule has 2 aromatic heterocycles. The van der Waals surface area contributed by atoms with Gasteiger partial charge in [0.15, 0.2) is 5.82 Å². The van der Waals surface area contributed by atoms with Crippen molar-refractivity contribution in [1.29, 1.82) is 0 Å². The second-order valence-corrected chi connectivity index (χ2v) is 5.76. The number of nitrogens with one attached hydrogen (secondary N) is 1. The number of anilines is 1. The molecule has 0 amide bonds. The van der Waals surface area contributed by atoms with E-state index in [0.717, 1.165) is 48.7 Å². The van der Waals surface area contributed by atoms with Crippen molar-refractivity contribution in [3.05, 3.63) is 23.1 Å². The summed E-state index contributed by atoms with van der Waals surface area (Å²) < 4.78 is 1.83.